The van der Waals surface area contributed by atoms with Gasteiger partial charge in [0, 0.05) is 34.0 Å². The molecule has 0 aliphatic rings. The summed E-state index contributed by atoms with van der Waals surface area (Å²) in [4.78, 5) is 36.0. The summed E-state index contributed by atoms with van der Waals surface area (Å²) in [5.41, 5.74) is 2.83. The van der Waals surface area contributed by atoms with Gasteiger partial charge >= 0.3 is 0 Å². The van der Waals surface area contributed by atoms with Gasteiger partial charge in [0.2, 0.25) is 5.91 Å². The van der Waals surface area contributed by atoms with E-state index in [-0.39, 0.29) is 28.8 Å². The lowest BCUT2D eigenvalue weighted by atomic mass is 10.0. The monoisotopic (exact) mass is 622 g/mol. The number of hydrogen-bond donors (Lipinski definition) is 2. The molecular formula is C24H27IN6O4S. The first-order valence-electron chi connectivity index (χ1n) is 11.1. The van der Waals surface area contributed by atoms with Crippen molar-refractivity contribution in [3.63, 3.8) is 0 Å². The third-order valence-corrected chi connectivity index (χ3v) is 7.16. The van der Waals surface area contributed by atoms with Crippen molar-refractivity contribution in [3.05, 3.63) is 72.6 Å². The minimum atomic E-state index is -0.542. The number of nitrogens with one attached hydrogen (secondary N) is 2. The number of non-ortho nitro benzene ring substituents is 1. The number of carbonyl (C=O) groups excluding carboxylic acids is 2. The summed E-state index contributed by atoms with van der Waals surface area (Å²) in [6.07, 6.45) is 0. The molecule has 2 N–H and O–H groups in total. The molecule has 0 saturated heterocycles. The van der Waals surface area contributed by atoms with Crippen LogP contribution >= 0.6 is 34.4 Å². The molecule has 0 aliphatic carbocycles. The smallest absolute Gasteiger partial charge is 0.270 e. The lowest BCUT2D eigenvalue weighted by Crippen LogP contribution is -2.33. The fraction of sp³-hybridized carbons (Fsp3) is 0.333. The maximum atomic E-state index is 12.8. The van der Waals surface area contributed by atoms with Crippen molar-refractivity contribution in [2.24, 2.45) is 13.0 Å². The number of anilines is 1. The van der Waals surface area contributed by atoms with Crippen LogP contribution in [0.2, 0.25) is 0 Å². The molecule has 0 bridgehead atoms. The largest absolute Gasteiger partial charge is 0.342 e. The lowest BCUT2D eigenvalue weighted by molar-refractivity contribution is -0.384. The van der Waals surface area contributed by atoms with E-state index in [9.17, 15) is 19.7 Å². The molecule has 10 nitrogen and oxygen atoms in total. The van der Waals surface area contributed by atoms with Crippen molar-refractivity contribution in [1.29, 1.82) is 0 Å². The molecule has 1 heterocycles. The first-order chi connectivity index (χ1) is 17.0. The van der Waals surface area contributed by atoms with E-state index in [1.54, 1.807) is 11.6 Å². The van der Waals surface area contributed by atoms with Crippen LogP contribution in [-0.2, 0) is 11.8 Å². The maximum Gasteiger partial charge on any atom is 0.270 e. The van der Waals surface area contributed by atoms with Crippen LogP contribution in [0.5, 0.6) is 0 Å². The standard InChI is InChI=1S/C24H27IN6O4S/c1-13(2)20(27-23(33)16-7-6-8-18(11-16)31(34)35)22-28-29-24(30(22)5)36-12-19(32)26-21-14(3)9-17(25)10-15(21)4/h6-11,13,20H,12H2,1-5H3,(H,26,32)(H,27,33)/t20-/m0/s1. The molecule has 12 heteroatoms. The van der Waals surface area contributed by atoms with Crippen molar-refractivity contribution in [3.8, 4) is 0 Å². The average Bonchev–Trinajstić information content (AvgIpc) is 3.17. The highest BCUT2D eigenvalue weighted by molar-refractivity contribution is 14.1. The number of carbonyl (C=O) groups is 2. The van der Waals surface area contributed by atoms with Crippen molar-refractivity contribution >= 4 is 57.5 Å². The third-order valence-electron chi connectivity index (χ3n) is 5.51. The lowest BCUT2D eigenvalue weighted by Gasteiger charge is -2.21. The Hall–Kier alpha value is -3.00. The van der Waals surface area contributed by atoms with Gasteiger partial charge < -0.3 is 15.2 Å². The molecule has 0 radical (unpaired) electrons. The predicted molar refractivity (Wildman–Crippen MR) is 147 cm³/mol. The Morgan fingerprint density at radius 1 is 1.17 bits per heavy atom. The second-order valence-electron chi connectivity index (χ2n) is 8.65. The van der Waals surface area contributed by atoms with Crippen molar-refractivity contribution in [2.45, 2.75) is 38.9 Å². The first-order valence-corrected chi connectivity index (χ1v) is 13.2. The molecule has 3 rings (SSSR count). The zero-order valence-corrected chi connectivity index (χ0v) is 23.5. The topological polar surface area (TPSA) is 132 Å². The van der Waals surface area contributed by atoms with Crippen LogP contribution in [0.15, 0.2) is 41.6 Å². The second-order valence-corrected chi connectivity index (χ2v) is 10.8. The summed E-state index contributed by atoms with van der Waals surface area (Å²) in [5, 5.41) is 26.0. The number of amides is 2. The van der Waals surface area contributed by atoms with Gasteiger partial charge in [0.25, 0.3) is 11.6 Å². The van der Waals surface area contributed by atoms with Crippen LogP contribution in [0.4, 0.5) is 11.4 Å². The molecule has 2 amide bonds. The number of aryl methyl sites for hydroxylation is 2. The molecule has 0 aliphatic heterocycles. The summed E-state index contributed by atoms with van der Waals surface area (Å²) in [7, 11) is 1.78. The fourth-order valence-electron chi connectivity index (χ4n) is 3.65. The van der Waals surface area contributed by atoms with Crippen LogP contribution < -0.4 is 10.6 Å². The molecular weight excluding hydrogens is 595 g/mol. The molecule has 0 saturated carbocycles. The quantitative estimate of drug-likeness (QED) is 0.152. The summed E-state index contributed by atoms with van der Waals surface area (Å²) < 4.78 is 2.86. The van der Waals surface area contributed by atoms with Crippen molar-refractivity contribution in [1.82, 2.24) is 20.1 Å². The van der Waals surface area contributed by atoms with Gasteiger partial charge in [0.1, 0.15) is 0 Å². The molecule has 36 heavy (non-hydrogen) atoms. The van der Waals surface area contributed by atoms with Gasteiger partial charge in [-0.1, -0.05) is 31.7 Å². The number of nitro groups is 1. The van der Waals surface area contributed by atoms with Crippen molar-refractivity contribution in [2.75, 3.05) is 11.1 Å². The van der Waals surface area contributed by atoms with Gasteiger partial charge in [-0.2, -0.15) is 0 Å². The predicted octanol–water partition coefficient (Wildman–Crippen LogP) is 4.80. The Morgan fingerprint density at radius 2 is 1.83 bits per heavy atom. The average molecular weight is 622 g/mol. The number of aromatic nitrogens is 3. The van der Waals surface area contributed by atoms with Crippen LogP contribution in [0.1, 0.15) is 47.2 Å². The molecule has 2 aromatic carbocycles. The molecule has 3 aromatic rings. The van der Waals surface area contributed by atoms with E-state index in [1.807, 2.05) is 39.8 Å². The number of benzene rings is 2. The third kappa shape index (κ3) is 6.60. The zero-order chi connectivity index (χ0) is 26.6. The van der Waals surface area contributed by atoms with Crippen molar-refractivity contribution < 1.29 is 14.5 Å². The van der Waals surface area contributed by atoms with E-state index < -0.39 is 16.9 Å². The van der Waals surface area contributed by atoms with E-state index >= 15 is 0 Å². The van der Waals surface area contributed by atoms with E-state index in [2.05, 4.69) is 43.4 Å². The number of rotatable bonds is 9. The van der Waals surface area contributed by atoms with Crippen LogP contribution in [-0.4, -0.2) is 37.3 Å². The normalized spacial score (nSPS) is 11.9. The Bertz CT molecular complexity index is 1290. The molecule has 0 spiro atoms. The Kier molecular flexibility index (Phi) is 9.06. The minimum Gasteiger partial charge on any atom is -0.342 e. The molecule has 1 atom stereocenters. The van der Waals surface area contributed by atoms with E-state index in [0.29, 0.717) is 11.0 Å². The number of thioether (sulfide) groups is 1. The van der Waals surface area contributed by atoms with Gasteiger partial charge in [0.15, 0.2) is 11.0 Å². The minimum absolute atomic E-state index is 0.0384. The van der Waals surface area contributed by atoms with Gasteiger partial charge in [-0.3, -0.25) is 19.7 Å². The zero-order valence-electron chi connectivity index (χ0n) is 20.5. The highest BCUT2D eigenvalue weighted by Crippen LogP contribution is 2.26. The Morgan fingerprint density at radius 3 is 2.44 bits per heavy atom. The summed E-state index contributed by atoms with van der Waals surface area (Å²) in [6, 6.07) is 9.10. The summed E-state index contributed by atoms with van der Waals surface area (Å²) in [5.74, 6) is 0.0246. The first kappa shape index (κ1) is 27.6. The highest BCUT2D eigenvalue weighted by Gasteiger charge is 2.26. The number of hydrogen-bond acceptors (Lipinski definition) is 7. The van der Waals surface area contributed by atoms with E-state index in [4.69, 9.17) is 0 Å². The SMILES string of the molecule is Cc1cc(I)cc(C)c1NC(=O)CSc1nnc([C@@H](NC(=O)c2cccc([N+](=O)[O-])c2)C(C)C)n1C. The number of halogens is 1. The molecule has 1 aromatic heterocycles. The summed E-state index contributed by atoms with van der Waals surface area (Å²) in [6.45, 7) is 7.78. The Labute approximate surface area is 226 Å². The maximum absolute atomic E-state index is 12.8. The Balaban J connectivity index is 1.70. The van der Waals surface area contributed by atoms with Crippen LogP contribution in [0.3, 0.4) is 0 Å². The van der Waals surface area contributed by atoms with Gasteiger partial charge in [0.05, 0.1) is 16.7 Å². The molecule has 190 valence electrons. The van der Waals surface area contributed by atoms with E-state index in [0.717, 1.165) is 20.4 Å². The summed E-state index contributed by atoms with van der Waals surface area (Å²) >= 11 is 3.50. The van der Waals surface area contributed by atoms with E-state index in [1.165, 1.54) is 36.0 Å². The number of nitrogens with zero attached hydrogens (tertiary/aromatic N) is 4. The molecule has 0 unspecified atom stereocenters. The van der Waals surface area contributed by atoms with Gasteiger partial charge in [-0.25, -0.2) is 0 Å². The van der Waals surface area contributed by atoms with Gasteiger partial charge in [-0.15, -0.1) is 10.2 Å². The number of nitro benzene ring substituents is 1. The highest BCUT2D eigenvalue weighted by atomic mass is 127. The van der Waals surface area contributed by atoms with Crippen LogP contribution in [0.25, 0.3) is 0 Å². The van der Waals surface area contributed by atoms with Gasteiger partial charge in [-0.05, 0) is 71.7 Å². The fourth-order valence-corrected chi connectivity index (χ4v) is 5.30. The second kappa shape index (κ2) is 11.8. The van der Waals surface area contributed by atoms with Crippen LogP contribution in [0, 0.1) is 33.4 Å². The molecule has 0 fully saturated rings.